The molecule has 0 bridgehead atoms. The molecular weight excluding hydrogens is 308 g/mol. The van der Waals surface area contributed by atoms with Crippen LogP contribution in [-0.2, 0) is 0 Å². The van der Waals surface area contributed by atoms with Crippen LogP contribution in [0.25, 0.3) is 0 Å². The predicted molar refractivity (Wildman–Crippen MR) is 97.4 cm³/mol. The molecule has 0 aromatic rings. The fraction of sp³-hybridized carbons (Fsp3) is 1.00. The summed E-state index contributed by atoms with van der Waals surface area (Å²) in [5.41, 5.74) is 10.9. The van der Waals surface area contributed by atoms with Crippen LogP contribution in [0, 0.1) is 5.41 Å². The van der Waals surface area contributed by atoms with Crippen LogP contribution in [0.3, 0.4) is 0 Å². The van der Waals surface area contributed by atoms with Crippen LogP contribution in [0.4, 0.5) is 0 Å². The van der Waals surface area contributed by atoms with Crippen molar-refractivity contribution in [3.05, 3.63) is 0 Å². The maximum atomic E-state index is 10.1. The average Bonchev–Trinajstić information content (AvgIpc) is 2.34. The molecule has 0 aliphatic heterocycles. The molecule has 4 unspecified atom stereocenters. The van der Waals surface area contributed by atoms with E-state index < -0.39 is 35.4 Å². The molecule has 8 N–H and O–H groups in total. The fourth-order valence-corrected chi connectivity index (χ4v) is 4.25. The van der Waals surface area contributed by atoms with Crippen LogP contribution in [0.1, 0.15) is 72.6 Å². The van der Waals surface area contributed by atoms with Gasteiger partial charge < -0.3 is 31.9 Å². The number of rotatable bonds is 13. The molecule has 0 heterocycles. The molecule has 6 heteroatoms. The highest BCUT2D eigenvalue weighted by molar-refractivity contribution is 5.05. The zero-order valence-corrected chi connectivity index (χ0v) is 15.9. The first kappa shape index (κ1) is 23.8. The lowest BCUT2D eigenvalue weighted by atomic mass is 9.58. The summed E-state index contributed by atoms with van der Waals surface area (Å²) in [6, 6.07) is 0. The molecule has 6 nitrogen and oxygen atoms in total. The van der Waals surface area contributed by atoms with Gasteiger partial charge in [0.2, 0.25) is 0 Å². The molecule has 4 atom stereocenters. The van der Waals surface area contributed by atoms with E-state index in [4.69, 9.17) is 11.5 Å². The van der Waals surface area contributed by atoms with Gasteiger partial charge in [0.25, 0.3) is 0 Å². The fourth-order valence-electron chi connectivity index (χ4n) is 4.25. The number of unbranched alkanes of at least 4 members (excludes halogenated alkanes) is 1. The van der Waals surface area contributed by atoms with Crippen LogP contribution in [0.2, 0.25) is 0 Å². The van der Waals surface area contributed by atoms with Gasteiger partial charge >= 0.3 is 0 Å². The number of nitrogens with two attached hydrogens (primary N) is 2. The summed E-state index contributed by atoms with van der Waals surface area (Å²) in [7, 11) is 0. The lowest BCUT2D eigenvalue weighted by molar-refractivity contribution is -0.0432. The van der Waals surface area contributed by atoms with Gasteiger partial charge in [-0.25, -0.2) is 0 Å². The molecular formula is C18H40N2O4. The van der Waals surface area contributed by atoms with Gasteiger partial charge in [-0.3, -0.25) is 0 Å². The summed E-state index contributed by atoms with van der Waals surface area (Å²) >= 11 is 0. The molecule has 0 amide bonds. The van der Waals surface area contributed by atoms with Crippen molar-refractivity contribution in [1.29, 1.82) is 0 Å². The van der Waals surface area contributed by atoms with E-state index in [0.29, 0.717) is 38.6 Å². The third-order valence-corrected chi connectivity index (χ3v) is 4.86. The van der Waals surface area contributed by atoms with Crippen LogP contribution in [-0.4, -0.2) is 56.9 Å². The van der Waals surface area contributed by atoms with Crippen LogP contribution >= 0.6 is 0 Å². The predicted octanol–water partition coefficient (Wildman–Crippen LogP) is 0.883. The van der Waals surface area contributed by atoms with Gasteiger partial charge in [0.15, 0.2) is 0 Å². The summed E-state index contributed by atoms with van der Waals surface area (Å²) in [5, 5.41) is 40.2. The van der Waals surface area contributed by atoms with Gasteiger partial charge in [0.05, 0.1) is 24.4 Å². The Kier molecular flexibility index (Phi) is 10.6. The highest BCUT2D eigenvalue weighted by Gasteiger charge is 2.49. The van der Waals surface area contributed by atoms with Crippen molar-refractivity contribution in [1.82, 2.24) is 0 Å². The molecule has 24 heavy (non-hydrogen) atoms. The largest absolute Gasteiger partial charge is 0.393 e. The first-order valence-electron chi connectivity index (χ1n) is 9.19. The lowest BCUT2D eigenvalue weighted by Crippen LogP contribution is -2.60. The normalized spacial score (nSPS) is 22.2. The Balaban J connectivity index is 5.88. The minimum absolute atomic E-state index is 0.306. The van der Waals surface area contributed by atoms with E-state index in [1.165, 1.54) is 0 Å². The molecule has 0 aromatic carbocycles. The van der Waals surface area contributed by atoms with E-state index in [-0.39, 0.29) is 0 Å². The Bertz CT molecular complexity index is 313. The molecule has 0 saturated carbocycles. The van der Waals surface area contributed by atoms with E-state index in [0.717, 1.165) is 12.8 Å². The Morgan fingerprint density at radius 3 is 1.38 bits per heavy atom. The van der Waals surface area contributed by atoms with Crippen LogP contribution < -0.4 is 11.5 Å². The molecule has 0 saturated heterocycles. The lowest BCUT2D eigenvalue weighted by Gasteiger charge is -2.52. The van der Waals surface area contributed by atoms with Crippen LogP contribution in [0.15, 0.2) is 0 Å². The van der Waals surface area contributed by atoms with Crippen molar-refractivity contribution >= 4 is 0 Å². The van der Waals surface area contributed by atoms with E-state index in [9.17, 15) is 20.4 Å². The first-order chi connectivity index (χ1) is 11.0. The van der Waals surface area contributed by atoms with Gasteiger partial charge in [-0.05, 0) is 78.2 Å². The summed E-state index contributed by atoms with van der Waals surface area (Å²) < 4.78 is 0. The molecule has 0 rings (SSSR count). The summed E-state index contributed by atoms with van der Waals surface area (Å²) in [6.07, 6.45) is 1.35. The van der Waals surface area contributed by atoms with Gasteiger partial charge in [0, 0.05) is 5.54 Å². The molecule has 0 radical (unpaired) electrons. The van der Waals surface area contributed by atoms with Gasteiger partial charge in [0.1, 0.15) is 0 Å². The maximum absolute atomic E-state index is 10.1. The molecule has 0 aliphatic carbocycles. The molecule has 0 aliphatic rings. The zero-order valence-electron chi connectivity index (χ0n) is 15.9. The third-order valence-electron chi connectivity index (χ3n) is 4.86. The number of aliphatic hydroxyl groups excluding tert-OH is 4. The SMILES string of the molecule is CC(O)CC(N)(CC(C)O)C(CCCCN)(CC(C)O)CC(C)O. The van der Waals surface area contributed by atoms with Crippen molar-refractivity contribution < 1.29 is 20.4 Å². The average molecular weight is 349 g/mol. The van der Waals surface area contributed by atoms with Crippen molar-refractivity contribution in [2.45, 2.75) is 103 Å². The minimum Gasteiger partial charge on any atom is -0.393 e. The van der Waals surface area contributed by atoms with Crippen LogP contribution in [0.5, 0.6) is 0 Å². The van der Waals surface area contributed by atoms with Crippen molar-refractivity contribution in [3.8, 4) is 0 Å². The second-order valence-corrected chi connectivity index (χ2v) is 7.89. The quantitative estimate of drug-likeness (QED) is 0.274. The van der Waals surface area contributed by atoms with E-state index in [2.05, 4.69) is 0 Å². The van der Waals surface area contributed by atoms with Gasteiger partial charge in [-0.2, -0.15) is 0 Å². The van der Waals surface area contributed by atoms with Crippen molar-refractivity contribution in [2.75, 3.05) is 6.54 Å². The Labute approximate surface area is 147 Å². The Hall–Kier alpha value is -0.240. The highest BCUT2D eigenvalue weighted by atomic mass is 16.3. The van der Waals surface area contributed by atoms with E-state index >= 15 is 0 Å². The van der Waals surface area contributed by atoms with Crippen molar-refractivity contribution in [3.63, 3.8) is 0 Å². The first-order valence-corrected chi connectivity index (χ1v) is 9.19. The number of hydrogen-bond donors (Lipinski definition) is 6. The van der Waals surface area contributed by atoms with E-state index in [1.54, 1.807) is 27.7 Å². The molecule has 146 valence electrons. The topological polar surface area (TPSA) is 133 Å². The molecule has 0 fully saturated rings. The Morgan fingerprint density at radius 1 is 0.708 bits per heavy atom. The third kappa shape index (κ3) is 7.76. The minimum atomic E-state index is -0.891. The van der Waals surface area contributed by atoms with Gasteiger partial charge in [-0.15, -0.1) is 0 Å². The number of aliphatic hydroxyl groups is 4. The summed E-state index contributed by atoms with van der Waals surface area (Å²) in [5.74, 6) is 0. The second kappa shape index (κ2) is 10.7. The molecule has 0 aromatic heterocycles. The standard InChI is InChI=1S/C18H40N2O4/c1-13(21)9-17(10-14(2)22,7-5-6-8-19)18(20,11-15(3)23)12-16(4)24/h13-16,21-24H,5-12,19-20H2,1-4H3. The van der Waals surface area contributed by atoms with Gasteiger partial charge in [-0.1, -0.05) is 6.42 Å². The summed E-state index contributed by atoms with van der Waals surface area (Å²) in [6.45, 7) is 7.36. The molecule has 0 spiro atoms. The van der Waals surface area contributed by atoms with Crippen molar-refractivity contribution in [2.24, 2.45) is 16.9 Å². The Morgan fingerprint density at radius 2 is 1.08 bits per heavy atom. The van der Waals surface area contributed by atoms with E-state index in [1.807, 2.05) is 0 Å². The number of hydrogen-bond acceptors (Lipinski definition) is 6. The zero-order chi connectivity index (χ0) is 19.0. The smallest absolute Gasteiger partial charge is 0.0529 e. The highest BCUT2D eigenvalue weighted by Crippen LogP contribution is 2.48. The maximum Gasteiger partial charge on any atom is 0.0529 e. The second-order valence-electron chi connectivity index (χ2n) is 7.89. The monoisotopic (exact) mass is 348 g/mol. The summed E-state index contributed by atoms with van der Waals surface area (Å²) in [4.78, 5) is 0.